The van der Waals surface area contributed by atoms with Crippen LogP contribution in [-0.4, -0.2) is 31.0 Å². The van der Waals surface area contributed by atoms with Crippen molar-refractivity contribution < 1.29 is 19.1 Å². The Bertz CT molecular complexity index is 1530. The van der Waals surface area contributed by atoms with Crippen LogP contribution >= 0.6 is 11.3 Å². The Morgan fingerprint density at radius 1 is 1.13 bits per heavy atom. The highest BCUT2D eigenvalue weighted by molar-refractivity contribution is 7.17. The Morgan fingerprint density at radius 3 is 2.68 bits per heavy atom. The van der Waals surface area contributed by atoms with E-state index in [1.165, 1.54) is 11.3 Å². The van der Waals surface area contributed by atoms with Crippen molar-refractivity contribution in [1.82, 2.24) is 4.98 Å². The van der Waals surface area contributed by atoms with E-state index in [-0.39, 0.29) is 5.91 Å². The van der Waals surface area contributed by atoms with E-state index in [0.29, 0.717) is 50.1 Å². The fraction of sp³-hybridized carbons (Fsp3) is 0.300. The molecule has 4 aromatic rings. The van der Waals surface area contributed by atoms with Crippen molar-refractivity contribution in [2.75, 3.05) is 19.5 Å². The monoisotopic (exact) mass is 529 g/mol. The number of pyridine rings is 1. The van der Waals surface area contributed by atoms with Gasteiger partial charge in [0, 0.05) is 21.9 Å². The van der Waals surface area contributed by atoms with Crippen molar-refractivity contribution >= 4 is 39.1 Å². The summed E-state index contributed by atoms with van der Waals surface area (Å²) in [7, 11) is 3.18. The van der Waals surface area contributed by atoms with Crippen LogP contribution in [0.3, 0.4) is 0 Å². The molecule has 3 N–H and O–H groups in total. The summed E-state index contributed by atoms with van der Waals surface area (Å²) in [5.74, 6) is 1.02. The number of para-hydroxylation sites is 1. The number of amides is 2. The van der Waals surface area contributed by atoms with Crippen molar-refractivity contribution in [1.29, 1.82) is 0 Å². The van der Waals surface area contributed by atoms with Crippen molar-refractivity contribution in [3.8, 4) is 22.8 Å². The Balaban J connectivity index is 1.56. The smallest absolute Gasteiger partial charge is 0.257 e. The molecule has 5 rings (SSSR count). The van der Waals surface area contributed by atoms with Crippen molar-refractivity contribution in [3.05, 3.63) is 70.1 Å². The molecule has 0 bridgehead atoms. The van der Waals surface area contributed by atoms with Gasteiger partial charge in [-0.15, -0.1) is 11.3 Å². The average Bonchev–Trinajstić information content (AvgIpc) is 3.29. The highest BCUT2D eigenvalue weighted by atomic mass is 32.1. The normalized spacial score (nSPS) is 14.7. The highest BCUT2D eigenvalue weighted by Gasteiger charge is 2.29. The molecule has 0 aliphatic heterocycles. The molecule has 0 radical (unpaired) electrons. The minimum absolute atomic E-state index is 0.316. The van der Waals surface area contributed by atoms with Gasteiger partial charge in [0.2, 0.25) is 0 Å². The number of methoxy groups -OCH3 is 2. The molecular weight excluding hydrogens is 498 g/mol. The SMILES string of the molecule is CCCC1CCc2c(sc(NC(=O)c3cc(-c4ccc(OC)cc4OC)nc4ccccc34)c2C(N)=O)C1. The second-order valence-corrected chi connectivity index (χ2v) is 10.7. The Labute approximate surface area is 226 Å². The van der Waals surface area contributed by atoms with E-state index in [9.17, 15) is 9.59 Å². The molecule has 2 heterocycles. The van der Waals surface area contributed by atoms with Crippen LogP contribution in [0.4, 0.5) is 5.00 Å². The van der Waals surface area contributed by atoms with Crippen LogP contribution in [0.1, 0.15) is 57.3 Å². The number of hydrogen-bond donors (Lipinski definition) is 2. The lowest BCUT2D eigenvalue weighted by Gasteiger charge is -2.21. The Kier molecular flexibility index (Phi) is 7.33. The number of nitrogens with two attached hydrogens (primary N) is 1. The molecule has 38 heavy (non-hydrogen) atoms. The molecule has 0 spiro atoms. The van der Waals surface area contributed by atoms with Gasteiger partial charge in [-0.25, -0.2) is 4.98 Å². The second kappa shape index (κ2) is 10.8. The highest BCUT2D eigenvalue weighted by Crippen LogP contribution is 2.41. The zero-order valence-electron chi connectivity index (χ0n) is 21.8. The third kappa shape index (κ3) is 4.84. The molecule has 1 unspecified atom stereocenters. The first-order valence-corrected chi connectivity index (χ1v) is 13.6. The van der Waals surface area contributed by atoms with Crippen molar-refractivity contribution in [2.24, 2.45) is 11.7 Å². The molecule has 1 aliphatic rings. The first kappa shape index (κ1) is 25.7. The van der Waals surface area contributed by atoms with Gasteiger partial charge < -0.3 is 20.5 Å². The third-order valence-electron chi connectivity index (χ3n) is 7.18. The van der Waals surface area contributed by atoms with Crippen molar-refractivity contribution in [3.63, 3.8) is 0 Å². The fourth-order valence-electron chi connectivity index (χ4n) is 5.34. The van der Waals surface area contributed by atoms with E-state index >= 15 is 0 Å². The third-order valence-corrected chi connectivity index (χ3v) is 8.35. The maximum atomic E-state index is 13.8. The number of hydrogen-bond acceptors (Lipinski definition) is 6. The van der Waals surface area contributed by atoms with Crippen LogP contribution in [0, 0.1) is 5.92 Å². The van der Waals surface area contributed by atoms with E-state index in [0.717, 1.165) is 48.1 Å². The van der Waals surface area contributed by atoms with Gasteiger partial charge in [-0.1, -0.05) is 38.0 Å². The maximum absolute atomic E-state index is 13.8. The van der Waals surface area contributed by atoms with E-state index < -0.39 is 5.91 Å². The minimum Gasteiger partial charge on any atom is -0.497 e. The number of carbonyl (C=O) groups is 2. The molecule has 196 valence electrons. The first-order valence-electron chi connectivity index (χ1n) is 12.8. The zero-order chi connectivity index (χ0) is 26.8. The van der Waals surface area contributed by atoms with E-state index in [2.05, 4.69) is 12.2 Å². The van der Waals surface area contributed by atoms with Crippen LogP contribution in [0.15, 0.2) is 48.5 Å². The first-order chi connectivity index (χ1) is 18.4. The average molecular weight is 530 g/mol. The molecule has 8 heteroatoms. The van der Waals surface area contributed by atoms with Gasteiger partial charge in [0.25, 0.3) is 11.8 Å². The summed E-state index contributed by atoms with van der Waals surface area (Å²) in [5, 5.41) is 4.27. The standard InChI is InChI=1S/C30H31N3O4S/c1-4-7-17-10-12-21-26(14-17)38-30(27(21)28(31)34)33-29(35)22-16-24(32-23-9-6-5-8-19(22)23)20-13-11-18(36-2)15-25(20)37-3/h5-6,8-9,11,13,15-17H,4,7,10,12,14H2,1-3H3,(H2,31,34)(H,33,35). The maximum Gasteiger partial charge on any atom is 0.257 e. The molecule has 2 amide bonds. The summed E-state index contributed by atoms with van der Waals surface area (Å²) >= 11 is 1.48. The predicted octanol–water partition coefficient (Wildman–Crippen LogP) is 6.24. The Morgan fingerprint density at radius 2 is 1.95 bits per heavy atom. The second-order valence-electron chi connectivity index (χ2n) is 9.56. The lowest BCUT2D eigenvalue weighted by atomic mass is 9.84. The number of ether oxygens (including phenoxy) is 2. The predicted molar refractivity (Wildman–Crippen MR) is 151 cm³/mol. The molecule has 2 aromatic heterocycles. The molecule has 2 aromatic carbocycles. The lowest BCUT2D eigenvalue weighted by Crippen LogP contribution is -2.20. The summed E-state index contributed by atoms with van der Waals surface area (Å²) in [4.78, 5) is 32.2. The fourth-order valence-corrected chi connectivity index (χ4v) is 6.70. The number of nitrogens with one attached hydrogen (secondary N) is 1. The van der Waals surface area contributed by atoms with Gasteiger partial charge in [-0.3, -0.25) is 9.59 Å². The van der Waals surface area contributed by atoms with Crippen LogP contribution in [-0.2, 0) is 12.8 Å². The quantitative estimate of drug-likeness (QED) is 0.281. The summed E-state index contributed by atoms with van der Waals surface area (Å²) in [6.45, 7) is 2.19. The number of benzene rings is 2. The zero-order valence-corrected chi connectivity index (χ0v) is 22.6. The van der Waals surface area contributed by atoms with Crippen molar-refractivity contribution in [2.45, 2.75) is 39.0 Å². The van der Waals surface area contributed by atoms with Crippen LogP contribution < -0.4 is 20.5 Å². The molecular formula is C30H31N3O4S. The van der Waals surface area contributed by atoms with Gasteiger partial charge in [0.05, 0.1) is 36.6 Å². The van der Waals surface area contributed by atoms with Gasteiger partial charge in [0.1, 0.15) is 16.5 Å². The van der Waals surface area contributed by atoms with Gasteiger partial charge in [-0.05, 0) is 55.0 Å². The molecule has 1 atom stereocenters. The number of aromatic nitrogens is 1. The van der Waals surface area contributed by atoms with Gasteiger partial charge >= 0.3 is 0 Å². The van der Waals surface area contributed by atoms with E-state index in [1.54, 1.807) is 26.4 Å². The summed E-state index contributed by atoms with van der Waals surface area (Å²) in [6.07, 6.45) is 5.06. The summed E-state index contributed by atoms with van der Waals surface area (Å²) in [5.41, 5.74) is 9.72. The number of fused-ring (bicyclic) bond motifs is 2. The number of nitrogens with zero attached hydrogens (tertiary/aromatic N) is 1. The number of primary amides is 1. The molecule has 0 saturated carbocycles. The number of thiophene rings is 1. The van der Waals surface area contributed by atoms with Gasteiger partial charge in [-0.2, -0.15) is 0 Å². The summed E-state index contributed by atoms with van der Waals surface area (Å²) in [6, 6.07) is 14.7. The van der Waals surface area contributed by atoms with Crippen LogP contribution in [0.5, 0.6) is 11.5 Å². The molecule has 7 nitrogen and oxygen atoms in total. The molecule has 0 fully saturated rings. The van der Waals surface area contributed by atoms with E-state index in [1.807, 2.05) is 36.4 Å². The largest absolute Gasteiger partial charge is 0.497 e. The Hall–Kier alpha value is -3.91. The lowest BCUT2D eigenvalue weighted by molar-refractivity contribution is 0.1000. The number of rotatable bonds is 8. The van der Waals surface area contributed by atoms with Crippen LogP contribution in [0.25, 0.3) is 22.2 Å². The van der Waals surface area contributed by atoms with E-state index in [4.69, 9.17) is 20.2 Å². The molecule has 1 aliphatic carbocycles. The topological polar surface area (TPSA) is 104 Å². The summed E-state index contributed by atoms with van der Waals surface area (Å²) < 4.78 is 10.9. The number of anilines is 1. The van der Waals surface area contributed by atoms with Gasteiger partial charge in [0.15, 0.2) is 0 Å². The minimum atomic E-state index is -0.505. The number of carbonyl (C=O) groups excluding carboxylic acids is 2. The molecule has 0 saturated heterocycles. The van der Waals surface area contributed by atoms with Crippen LogP contribution in [0.2, 0.25) is 0 Å².